The molecule has 0 unspecified atom stereocenters. The van der Waals surface area contributed by atoms with Crippen LogP contribution in [-0.2, 0) is 11.3 Å². The van der Waals surface area contributed by atoms with Crippen LogP contribution in [0.4, 0.5) is 10.5 Å². The first-order valence-corrected chi connectivity index (χ1v) is 8.32. The molecule has 2 aromatic rings. The van der Waals surface area contributed by atoms with Crippen molar-refractivity contribution in [3.8, 4) is 17.2 Å². The van der Waals surface area contributed by atoms with Crippen LogP contribution in [0.5, 0.6) is 17.2 Å². The Bertz CT molecular complexity index is 765. The molecule has 7 nitrogen and oxygen atoms in total. The zero-order valence-corrected chi connectivity index (χ0v) is 14.8. The van der Waals surface area contributed by atoms with Gasteiger partial charge in [-0.05, 0) is 36.8 Å². The van der Waals surface area contributed by atoms with E-state index in [0.717, 1.165) is 11.3 Å². The van der Waals surface area contributed by atoms with E-state index in [0.29, 0.717) is 30.4 Å². The first kappa shape index (κ1) is 17.9. The second kappa shape index (κ2) is 8.44. The number of rotatable bonds is 7. The van der Waals surface area contributed by atoms with E-state index in [1.807, 2.05) is 43.3 Å². The van der Waals surface area contributed by atoms with Gasteiger partial charge >= 0.3 is 6.03 Å². The first-order chi connectivity index (χ1) is 12.6. The van der Waals surface area contributed by atoms with Crippen molar-refractivity contribution in [3.05, 3.63) is 48.0 Å². The molecular formula is C19H22N2O5. The molecule has 2 N–H and O–H groups in total. The number of fused-ring (bicyclic) bond motifs is 1. The van der Waals surface area contributed by atoms with Gasteiger partial charge in [0.25, 0.3) is 0 Å². The molecule has 0 saturated carbocycles. The Morgan fingerprint density at radius 1 is 1.19 bits per heavy atom. The van der Waals surface area contributed by atoms with Crippen LogP contribution in [0.25, 0.3) is 0 Å². The van der Waals surface area contributed by atoms with Gasteiger partial charge in [0.05, 0.1) is 12.6 Å². The molecule has 2 amide bonds. The summed E-state index contributed by atoms with van der Waals surface area (Å²) in [6.07, 6.45) is 0. The van der Waals surface area contributed by atoms with Gasteiger partial charge in [0, 0.05) is 18.9 Å². The molecule has 0 spiro atoms. The molecule has 138 valence electrons. The molecule has 0 saturated heterocycles. The second-order valence-corrected chi connectivity index (χ2v) is 5.96. The number of methoxy groups -OCH3 is 1. The lowest BCUT2D eigenvalue weighted by Gasteiger charge is -2.14. The van der Waals surface area contributed by atoms with E-state index < -0.39 is 0 Å². The van der Waals surface area contributed by atoms with Crippen molar-refractivity contribution in [3.63, 3.8) is 0 Å². The summed E-state index contributed by atoms with van der Waals surface area (Å²) in [6.45, 7) is 2.93. The van der Waals surface area contributed by atoms with Crippen LogP contribution in [0.2, 0.25) is 0 Å². The largest absolute Gasteiger partial charge is 0.489 e. The number of ether oxygens (including phenoxy) is 4. The predicted octanol–water partition coefficient (Wildman–Crippen LogP) is 3.15. The molecule has 0 bridgehead atoms. The molecule has 0 aliphatic carbocycles. The molecule has 0 aromatic heterocycles. The van der Waals surface area contributed by atoms with E-state index in [2.05, 4.69) is 10.6 Å². The zero-order chi connectivity index (χ0) is 18.4. The summed E-state index contributed by atoms with van der Waals surface area (Å²) in [5.74, 6) is 2.09. The van der Waals surface area contributed by atoms with E-state index >= 15 is 0 Å². The highest BCUT2D eigenvalue weighted by Gasteiger charge is 2.13. The third-order valence-electron chi connectivity index (χ3n) is 3.73. The summed E-state index contributed by atoms with van der Waals surface area (Å²) >= 11 is 0. The SMILES string of the molecule is COC[C@H](C)NC(=O)Nc1cccc(COc2ccc3c(c2)OCO3)c1. The Kier molecular flexibility index (Phi) is 5.80. The Morgan fingerprint density at radius 3 is 2.88 bits per heavy atom. The number of carbonyl (C=O) groups is 1. The molecule has 3 rings (SSSR count). The number of hydrogen-bond acceptors (Lipinski definition) is 5. The fraction of sp³-hybridized carbons (Fsp3) is 0.316. The molecule has 7 heteroatoms. The molecule has 1 aliphatic rings. The van der Waals surface area contributed by atoms with Gasteiger partial charge in [-0.2, -0.15) is 0 Å². The van der Waals surface area contributed by atoms with Crippen LogP contribution >= 0.6 is 0 Å². The number of benzene rings is 2. The van der Waals surface area contributed by atoms with Crippen molar-refractivity contribution < 1.29 is 23.7 Å². The fourth-order valence-corrected chi connectivity index (χ4v) is 2.55. The maximum Gasteiger partial charge on any atom is 0.319 e. The van der Waals surface area contributed by atoms with Gasteiger partial charge in [0.2, 0.25) is 6.79 Å². The van der Waals surface area contributed by atoms with E-state index in [9.17, 15) is 4.79 Å². The van der Waals surface area contributed by atoms with E-state index in [1.165, 1.54) is 0 Å². The van der Waals surface area contributed by atoms with Gasteiger partial charge < -0.3 is 29.6 Å². The van der Waals surface area contributed by atoms with Crippen LogP contribution in [-0.4, -0.2) is 32.6 Å². The minimum absolute atomic E-state index is 0.0717. The standard InChI is InChI=1S/C19H22N2O5/c1-13(10-23-2)20-19(22)21-15-5-3-4-14(8-15)11-24-16-6-7-17-18(9-16)26-12-25-17/h3-9,13H,10-12H2,1-2H3,(H2,20,21,22)/t13-/m0/s1. The summed E-state index contributed by atoms with van der Waals surface area (Å²) in [7, 11) is 1.60. The van der Waals surface area contributed by atoms with E-state index in [4.69, 9.17) is 18.9 Å². The first-order valence-electron chi connectivity index (χ1n) is 8.32. The minimum atomic E-state index is -0.275. The van der Waals surface area contributed by atoms with Gasteiger partial charge in [0.1, 0.15) is 12.4 Å². The quantitative estimate of drug-likeness (QED) is 0.795. The predicted molar refractivity (Wildman–Crippen MR) is 96.8 cm³/mol. The van der Waals surface area contributed by atoms with Gasteiger partial charge in [-0.25, -0.2) is 4.79 Å². The summed E-state index contributed by atoms with van der Waals surface area (Å²) in [4.78, 5) is 12.0. The fourth-order valence-electron chi connectivity index (χ4n) is 2.55. The van der Waals surface area contributed by atoms with E-state index in [1.54, 1.807) is 13.2 Å². The van der Waals surface area contributed by atoms with Crippen LogP contribution < -0.4 is 24.8 Å². The Balaban J connectivity index is 1.54. The van der Waals surface area contributed by atoms with E-state index in [-0.39, 0.29) is 18.9 Å². The molecule has 1 aliphatic heterocycles. The summed E-state index contributed by atoms with van der Waals surface area (Å²) in [6, 6.07) is 12.6. The van der Waals surface area contributed by atoms with Crippen molar-refractivity contribution >= 4 is 11.7 Å². The van der Waals surface area contributed by atoms with Gasteiger partial charge in [-0.3, -0.25) is 0 Å². The second-order valence-electron chi connectivity index (χ2n) is 5.96. The Hall–Kier alpha value is -2.93. The summed E-state index contributed by atoms with van der Waals surface area (Å²) < 4.78 is 21.4. The topological polar surface area (TPSA) is 78.1 Å². The third kappa shape index (κ3) is 4.80. The Morgan fingerprint density at radius 2 is 2.04 bits per heavy atom. The molecule has 26 heavy (non-hydrogen) atoms. The number of urea groups is 1. The highest BCUT2D eigenvalue weighted by atomic mass is 16.7. The monoisotopic (exact) mass is 358 g/mol. The van der Waals surface area contributed by atoms with Gasteiger partial charge in [0.15, 0.2) is 11.5 Å². The number of nitrogens with one attached hydrogen (secondary N) is 2. The number of anilines is 1. The summed E-state index contributed by atoms with van der Waals surface area (Å²) in [5.41, 5.74) is 1.63. The van der Waals surface area contributed by atoms with Crippen LogP contribution in [0.3, 0.4) is 0 Å². The average Bonchev–Trinajstić information content (AvgIpc) is 3.08. The van der Waals surface area contributed by atoms with Crippen molar-refractivity contribution in [1.82, 2.24) is 5.32 Å². The molecule has 1 heterocycles. The zero-order valence-electron chi connectivity index (χ0n) is 14.8. The lowest BCUT2D eigenvalue weighted by Crippen LogP contribution is -2.38. The number of carbonyl (C=O) groups excluding carboxylic acids is 1. The maximum atomic E-state index is 12.0. The average molecular weight is 358 g/mol. The molecule has 0 fully saturated rings. The van der Waals surface area contributed by atoms with Crippen molar-refractivity contribution in [1.29, 1.82) is 0 Å². The highest BCUT2D eigenvalue weighted by Crippen LogP contribution is 2.35. The smallest absolute Gasteiger partial charge is 0.319 e. The van der Waals surface area contributed by atoms with Crippen LogP contribution in [0.15, 0.2) is 42.5 Å². The maximum absolute atomic E-state index is 12.0. The molecule has 1 atom stereocenters. The van der Waals surface area contributed by atoms with Gasteiger partial charge in [-0.15, -0.1) is 0 Å². The highest BCUT2D eigenvalue weighted by molar-refractivity contribution is 5.89. The van der Waals surface area contributed by atoms with Crippen LogP contribution in [0.1, 0.15) is 12.5 Å². The minimum Gasteiger partial charge on any atom is -0.489 e. The summed E-state index contributed by atoms with van der Waals surface area (Å²) in [5, 5.41) is 5.60. The molecule has 2 aromatic carbocycles. The molecular weight excluding hydrogens is 336 g/mol. The lowest BCUT2D eigenvalue weighted by atomic mass is 10.2. The number of amides is 2. The van der Waals surface area contributed by atoms with Crippen molar-refractivity contribution in [2.24, 2.45) is 0 Å². The normalized spacial score (nSPS) is 13.2. The van der Waals surface area contributed by atoms with Crippen molar-refractivity contribution in [2.45, 2.75) is 19.6 Å². The van der Waals surface area contributed by atoms with Gasteiger partial charge in [-0.1, -0.05) is 12.1 Å². The van der Waals surface area contributed by atoms with Crippen molar-refractivity contribution in [2.75, 3.05) is 25.8 Å². The lowest BCUT2D eigenvalue weighted by molar-refractivity contribution is 0.173. The number of hydrogen-bond donors (Lipinski definition) is 2. The molecule has 0 radical (unpaired) electrons. The van der Waals surface area contributed by atoms with Crippen LogP contribution in [0, 0.1) is 0 Å². The Labute approximate surface area is 152 Å². The third-order valence-corrected chi connectivity index (χ3v) is 3.73.